The third-order valence-corrected chi connectivity index (χ3v) is 3.98. The molecule has 1 unspecified atom stereocenters. The molecule has 0 radical (unpaired) electrons. The van der Waals surface area contributed by atoms with Gasteiger partial charge in [-0.2, -0.15) is 0 Å². The van der Waals surface area contributed by atoms with Crippen LogP contribution in [0.15, 0.2) is 35.3 Å². The molecular formula is C15H21N3OS. The van der Waals surface area contributed by atoms with Gasteiger partial charge in [0.25, 0.3) is 0 Å². The summed E-state index contributed by atoms with van der Waals surface area (Å²) in [6, 6.07) is 10.6. The Kier molecular flexibility index (Phi) is 5.47. The maximum Gasteiger partial charge on any atom is 0.241 e. The molecule has 0 bridgehead atoms. The second-order valence-corrected chi connectivity index (χ2v) is 6.25. The summed E-state index contributed by atoms with van der Waals surface area (Å²) >= 11 is 1.67. The number of carbonyl (C=O) groups excluding carboxylic acids is 1. The van der Waals surface area contributed by atoms with E-state index >= 15 is 0 Å². The van der Waals surface area contributed by atoms with Gasteiger partial charge in [0.05, 0.1) is 6.04 Å². The minimum Gasteiger partial charge on any atom is -0.357 e. The maximum absolute atomic E-state index is 11.6. The molecule has 0 aliphatic carbocycles. The Hall–Kier alpha value is -1.49. The number of rotatable bonds is 5. The van der Waals surface area contributed by atoms with Gasteiger partial charge in [0.1, 0.15) is 6.54 Å². The number of hydrogen-bond donors (Lipinski definition) is 2. The molecule has 2 N–H and O–H groups in total. The summed E-state index contributed by atoms with van der Waals surface area (Å²) in [5, 5.41) is 7.09. The van der Waals surface area contributed by atoms with Gasteiger partial charge in [0.15, 0.2) is 5.17 Å². The zero-order chi connectivity index (χ0) is 14.4. The zero-order valence-electron chi connectivity index (χ0n) is 11.9. The molecule has 5 heteroatoms. The molecule has 1 aliphatic heterocycles. The molecule has 1 aromatic rings. The van der Waals surface area contributed by atoms with Gasteiger partial charge >= 0.3 is 0 Å². The maximum atomic E-state index is 11.6. The molecular weight excluding hydrogens is 270 g/mol. The Morgan fingerprint density at radius 3 is 2.90 bits per heavy atom. The molecule has 108 valence electrons. The fourth-order valence-electron chi connectivity index (χ4n) is 1.87. The van der Waals surface area contributed by atoms with Crippen molar-refractivity contribution in [3.63, 3.8) is 0 Å². The lowest BCUT2D eigenvalue weighted by Crippen LogP contribution is -2.30. The van der Waals surface area contributed by atoms with Gasteiger partial charge in [-0.3, -0.25) is 9.79 Å². The van der Waals surface area contributed by atoms with Crippen LogP contribution in [0.2, 0.25) is 0 Å². The van der Waals surface area contributed by atoms with Crippen molar-refractivity contribution in [3.05, 3.63) is 35.9 Å². The van der Waals surface area contributed by atoms with Crippen LogP contribution in [0.5, 0.6) is 0 Å². The molecule has 1 fully saturated rings. The first-order valence-corrected chi connectivity index (χ1v) is 7.89. The Bertz CT molecular complexity index is 473. The normalized spacial score (nSPS) is 20.1. The minimum atomic E-state index is -0.0169. The summed E-state index contributed by atoms with van der Waals surface area (Å²) in [6.45, 7) is 5.05. The molecule has 1 heterocycles. The van der Waals surface area contributed by atoms with E-state index in [1.165, 1.54) is 5.56 Å². The number of thioether (sulfide) groups is 1. The Morgan fingerprint density at radius 1 is 1.45 bits per heavy atom. The van der Waals surface area contributed by atoms with E-state index in [1.807, 2.05) is 18.2 Å². The van der Waals surface area contributed by atoms with Crippen LogP contribution < -0.4 is 10.6 Å². The topological polar surface area (TPSA) is 53.5 Å². The standard InChI is InChI=1S/C15H21N3OS/c1-11(2)8-16-14(19)9-17-15-18-13(10-20-15)12-6-4-3-5-7-12/h3-7,11,13H,8-10H2,1-2H3,(H,16,19)(H,17,18). The number of benzene rings is 1. The van der Waals surface area contributed by atoms with Crippen molar-refractivity contribution in [2.75, 3.05) is 18.8 Å². The van der Waals surface area contributed by atoms with Crippen LogP contribution in [0, 0.1) is 5.92 Å². The van der Waals surface area contributed by atoms with Crippen LogP contribution in [0.3, 0.4) is 0 Å². The predicted octanol–water partition coefficient (Wildman–Crippen LogP) is 2.19. The lowest BCUT2D eigenvalue weighted by atomic mass is 10.1. The molecule has 2 rings (SSSR count). The first-order valence-electron chi connectivity index (χ1n) is 6.90. The summed E-state index contributed by atoms with van der Waals surface area (Å²) in [6.07, 6.45) is 0. The molecule has 1 saturated heterocycles. The third-order valence-electron chi connectivity index (χ3n) is 2.96. The van der Waals surface area contributed by atoms with Gasteiger partial charge in [-0.25, -0.2) is 0 Å². The van der Waals surface area contributed by atoms with Gasteiger partial charge in [0, 0.05) is 12.3 Å². The highest BCUT2D eigenvalue weighted by molar-refractivity contribution is 8.14. The molecule has 0 saturated carbocycles. The van der Waals surface area contributed by atoms with E-state index < -0.39 is 0 Å². The highest BCUT2D eigenvalue weighted by Crippen LogP contribution is 2.25. The number of nitrogens with one attached hydrogen (secondary N) is 2. The second-order valence-electron chi connectivity index (χ2n) is 5.24. The first kappa shape index (κ1) is 14.9. The van der Waals surface area contributed by atoms with E-state index in [4.69, 9.17) is 0 Å². The first-order chi connectivity index (χ1) is 9.65. The molecule has 1 amide bonds. The Labute approximate surface area is 124 Å². The van der Waals surface area contributed by atoms with Crippen LogP contribution >= 0.6 is 11.8 Å². The van der Waals surface area contributed by atoms with Crippen LogP contribution in [0.1, 0.15) is 25.5 Å². The van der Waals surface area contributed by atoms with E-state index in [-0.39, 0.29) is 12.5 Å². The van der Waals surface area contributed by atoms with E-state index in [9.17, 15) is 4.79 Å². The van der Waals surface area contributed by atoms with Crippen molar-refractivity contribution in [1.82, 2.24) is 10.6 Å². The number of nitrogens with zero attached hydrogens (tertiary/aromatic N) is 1. The lowest BCUT2D eigenvalue weighted by molar-refractivity contribution is -0.119. The van der Waals surface area contributed by atoms with Crippen molar-refractivity contribution in [3.8, 4) is 0 Å². The SMILES string of the molecule is CC(C)CNC(=O)CN=C1NC(c2ccccc2)CS1. The van der Waals surface area contributed by atoms with Crippen molar-refractivity contribution >= 4 is 22.8 Å². The zero-order valence-corrected chi connectivity index (χ0v) is 12.7. The highest BCUT2D eigenvalue weighted by Gasteiger charge is 2.21. The molecule has 0 spiro atoms. The Morgan fingerprint density at radius 2 is 2.20 bits per heavy atom. The van der Waals surface area contributed by atoms with Crippen LogP contribution in [0.4, 0.5) is 0 Å². The number of amidine groups is 1. The van der Waals surface area contributed by atoms with Crippen molar-refractivity contribution in [2.45, 2.75) is 19.9 Å². The fourth-order valence-corrected chi connectivity index (χ4v) is 2.85. The van der Waals surface area contributed by atoms with Crippen LogP contribution in [-0.4, -0.2) is 29.9 Å². The summed E-state index contributed by atoms with van der Waals surface area (Å²) < 4.78 is 0. The molecule has 20 heavy (non-hydrogen) atoms. The monoisotopic (exact) mass is 291 g/mol. The highest BCUT2D eigenvalue weighted by atomic mass is 32.2. The summed E-state index contributed by atoms with van der Waals surface area (Å²) in [5.74, 6) is 1.40. The quantitative estimate of drug-likeness (QED) is 0.874. The van der Waals surface area contributed by atoms with Crippen molar-refractivity contribution in [2.24, 2.45) is 10.9 Å². The van der Waals surface area contributed by atoms with E-state index in [0.29, 0.717) is 18.5 Å². The number of carbonyl (C=O) groups is 1. The molecule has 1 aliphatic rings. The van der Waals surface area contributed by atoms with Crippen molar-refractivity contribution in [1.29, 1.82) is 0 Å². The van der Waals surface area contributed by atoms with Gasteiger partial charge in [0.2, 0.25) is 5.91 Å². The summed E-state index contributed by atoms with van der Waals surface area (Å²) in [7, 11) is 0. The van der Waals surface area contributed by atoms with Gasteiger partial charge in [-0.05, 0) is 11.5 Å². The van der Waals surface area contributed by atoms with Gasteiger partial charge in [-0.1, -0.05) is 55.9 Å². The Balaban J connectivity index is 1.80. The van der Waals surface area contributed by atoms with Crippen LogP contribution in [-0.2, 0) is 4.79 Å². The third kappa shape index (κ3) is 4.56. The van der Waals surface area contributed by atoms with Crippen molar-refractivity contribution < 1.29 is 4.79 Å². The van der Waals surface area contributed by atoms with Gasteiger partial charge < -0.3 is 10.6 Å². The molecule has 0 aromatic heterocycles. The fraction of sp³-hybridized carbons (Fsp3) is 0.467. The summed E-state index contributed by atoms with van der Waals surface area (Å²) in [4.78, 5) is 15.9. The number of aliphatic imine (C=N–C) groups is 1. The summed E-state index contributed by atoms with van der Waals surface area (Å²) in [5.41, 5.74) is 1.26. The largest absolute Gasteiger partial charge is 0.357 e. The van der Waals surface area contributed by atoms with Crippen LogP contribution in [0.25, 0.3) is 0 Å². The van der Waals surface area contributed by atoms with E-state index in [0.717, 1.165) is 10.9 Å². The molecule has 1 atom stereocenters. The minimum absolute atomic E-state index is 0.0169. The van der Waals surface area contributed by atoms with Gasteiger partial charge in [-0.15, -0.1) is 0 Å². The lowest BCUT2D eigenvalue weighted by Gasteiger charge is -2.09. The predicted molar refractivity (Wildman–Crippen MR) is 84.9 cm³/mol. The molecule has 4 nitrogen and oxygen atoms in total. The number of amides is 1. The average Bonchev–Trinajstić information content (AvgIpc) is 2.93. The van der Waals surface area contributed by atoms with E-state index in [1.54, 1.807) is 11.8 Å². The van der Waals surface area contributed by atoms with E-state index in [2.05, 4.69) is 41.6 Å². The smallest absolute Gasteiger partial charge is 0.241 e. The average molecular weight is 291 g/mol. The number of hydrogen-bond acceptors (Lipinski definition) is 3. The molecule has 1 aromatic carbocycles. The second kappa shape index (κ2) is 7.33.